The van der Waals surface area contributed by atoms with Gasteiger partial charge in [-0.15, -0.1) is 0 Å². The van der Waals surface area contributed by atoms with Crippen LogP contribution in [0.2, 0.25) is 0 Å². The van der Waals surface area contributed by atoms with E-state index in [1.54, 1.807) is 12.1 Å². The molecule has 3 aromatic rings. The normalized spacial score (nSPS) is 14.0. The van der Waals surface area contributed by atoms with Crippen LogP contribution >= 0.6 is 0 Å². The SMILES string of the molecule is CC(=O)c1ccc(S(=O)(=O)Nc2ccc(N3CCN(c4ccccc4)CC3)c(C(=O)O)c2)cc1. The average Bonchev–Trinajstić information content (AvgIpc) is 2.84. The molecule has 0 atom stereocenters. The minimum Gasteiger partial charge on any atom is -0.478 e. The molecular formula is C25H25N3O5S. The molecule has 0 bridgehead atoms. The summed E-state index contributed by atoms with van der Waals surface area (Å²) in [6.45, 7) is 4.17. The van der Waals surface area contributed by atoms with Gasteiger partial charge in [0, 0.05) is 43.1 Å². The molecule has 0 unspecified atom stereocenters. The number of para-hydroxylation sites is 1. The van der Waals surface area contributed by atoms with Gasteiger partial charge in [-0.25, -0.2) is 13.2 Å². The molecule has 34 heavy (non-hydrogen) atoms. The predicted octanol–water partition coefficient (Wildman–Crippen LogP) is 3.71. The molecule has 8 nitrogen and oxygen atoms in total. The number of carbonyl (C=O) groups is 2. The van der Waals surface area contributed by atoms with Crippen molar-refractivity contribution >= 4 is 38.8 Å². The Labute approximate surface area is 198 Å². The number of aromatic carboxylic acids is 1. The molecule has 4 rings (SSSR count). The standard InChI is InChI=1S/C25H25N3O5S/c1-18(29)19-7-10-22(11-8-19)34(32,33)26-20-9-12-24(23(17-20)25(30)31)28-15-13-27(14-16-28)21-5-3-2-4-6-21/h2-12,17,26H,13-16H2,1H3,(H,30,31). The van der Waals surface area contributed by atoms with Gasteiger partial charge in [0.05, 0.1) is 16.1 Å². The molecule has 2 N–H and O–H groups in total. The lowest BCUT2D eigenvalue weighted by Gasteiger charge is -2.38. The van der Waals surface area contributed by atoms with Crippen molar-refractivity contribution in [2.75, 3.05) is 40.7 Å². The van der Waals surface area contributed by atoms with Gasteiger partial charge >= 0.3 is 5.97 Å². The highest BCUT2D eigenvalue weighted by Crippen LogP contribution is 2.28. The first kappa shape index (κ1) is 23.3. The lowest BCUT2D eigenvalue weighted by atomic mass is 10.1. The number of benzene rings is 3. The molecule has 1 heterocycles. The Morgan fingerprint density at radius 2 is 1.47 bits per heavy atom. The molecule has 1 aliphatic heterocycles. The second-order valence-electron chi connectivity index (χ2n) is 8.03. The molecule has 0 radical (unpaired) electrons. The summed E-state index contributed by atoms with van der Waals surface area (Å²) in [6.07, 6.45) is 0. The van der Waals surface area contributed by atoms with E-state index in [2.05, 4.69) is 9.62 Å². The number of carboxylic acid groups (broad SMARTS) is 1. The van der Waals surface area contributed by atoms with Crippen molar-refractivity contribution in [3.05, 3.63) is 83.9 Å². The van der Waals surface area contributed by atoms with Crippen LogP contribution in [0.15, 0.2) is 77.7 Å². The van der Waals surface area contributed by atoms with Crippen molar-refractivity contribution in [1.82, 2.24) is 0 Å². The Kier molecular flexibility index (Phi) is 6.56. The second kappa shape index (κ2) is 9.56. The van der Waals surface area contributed by atoms with Crippen LogP contribution in [0.4, 0.5) is 17.1 Å². The zero-order chi connectivity index (χ0) is 24.3. The van der Waals surface area contributed by atoms with E-state index in [1.807, 2.05) is 35.2 Å². The number of ketones is 1. The Hall–Kier alpha value is -3.85. The first-order chi connectivity index (χ1) is 16.2. The van der Waals surface area contributed by atoms with Crippen LogP contribution in [-0.4, -0.2) is 51.5 Å². The monoisotopic (exact) mass is 479 g/mol. The minimum atomic E-state index is -3.95. The van der Waals surface area contributed by atoms with E-state index >= 15 is 0 Å². The highest BCUT2D eigenvalue weighted by molar-refractivity contribution is 7.92. The first-order valence-electron chi connectivity index (χ1n) is 10.8. The summed E-state index contributed by atoms with van der Waals surface area (Å²) in [4.78, 5) is 27.6. The van der Waals surface area contributed by atoms with E-state index in [0.717, 1.165) is 18.8 Å². The molecule has 0 amide bonds. The lowest BCUT2D eigenvalue weighted by molar-refractivity contribution is 0.0697. The number of nitrogens with zero attached hydrogens (tertiary/aromatic N) is 2. The van der Waals surface area contributed by atoms with Crippen LogP contribution in [0.5, 0.6) is 0 Å². The molecule has 0 saturated carbocycles. The minimum absolute atomic E-state index is 0.0181. The number of hydrogen-bond acceptors (Lipinski definition) is 6. The molecule has 0 aromatic heterocycles. The summed E-state index contributed by atoms with van der Waals surface area (Å²) in [7, 11) is -3.95. The number of carbonyl (C=O) groups excluding carboxylic acids is 1. The third-order valence-corrected chi connectivity index (χ3v) is 7.19. The van der Waals surface area contributed by atoms with Crippen LogP contribution in [-0.2, 0) is 10.0 Å². The molecule has 1 saturated heterocycles. The third-order valence-electron chi connectivity index (χ3n) is 5.79. The number of carboxylic acids is 1. The molecule has 1 aliphatic rings. The molecule has 3 aromatic carbocycles. The van der Waals surface area contributed by atoms with Gasteiger partial charge in [0.25, 0.3) is 10.0 Å². The second-order valence-corrected chi connectivity index (χ2v) is 9.72. The summed E-state index contributed by atoms with van der Waals surface area (Å²) in [5.74, 6) is -1.30. The van der Waals surface area contributed by atoms with E-state index in [1.165, 1.54) is 37.3 Å². The van der Waals surface area contributed by atoms with Crippen molar-refractivity contribution in [2.45, 2.75) is 11.8 Å². The van der Waals surface area contributed by atoms with Crippen LogP contribution in [0.3, 0.4) is 0 Å². The van der Waals surface area contributed by atoms with Crippen LogP contribution in [0.25, 0.3) is 0 Å². The maximum Gasteiger partial charge on any atom is 0.337 e. The maximum atomic E-state index is 12.8. The number of nitrogens with one attached hydrogen (secondary N) is 1. The van der Waals surface area contributed by atoms with Crippen LogP contribution < -0.4 is 14.5 Å². The van der Waals surface area contributed by atoms with Gasteiger partial charge in [-0.05, 0) is 49.4 Å². The summed E-state index contributed by atoms with van der Waals surface area (Å²) in [5, 5.41) is 9.80. The highest BCUT2D eigenvalue weighted by atomic mass is 32.2. The number of rotatable bonds is 7. The van der Waals surface area contributed by atoms with Crippen LogP contribution in [0, 0.1) is 0 Å². The van der Waals surface area contributed by atoms with Crippen molar-refractivity contribution in [3.63, 3.8) is 0 Å². The molecule has 9 heteroatoms. The zero-order valence-electron chi connectivity index (χ0n) is 18.6. The molecule has 0 spiro atoms. The van der Waals surface area contributed by atoms with Gasteiger partial charge in [0.2, 0.25) is 0 Å². The first-order valence-corrected chi connectivity index (χ1v) is 12.3. The molecular weight excluding hydrogens is 454 g/mol. The van der Waals surface area contributed by atoms with Gasteiger partial charge in [0.1, 0.15) is 0 Å². The van der Waals surface area contributed by atoms with E-state index < -0.39 is 16.0 Å². The fourth-order valence-corrected chi connectivity index (χ4v) is 5.02. The molecule has 176 valence electrons. The van der Waals surface area contributed by atoms with Crippen molar-refractivity contribution < 1.29 is 23.1 Å². The molecule has 0 aliphatic carbocycles. The largest absolute Gasteiger partial charge is 0.478 e. The zero-order valence-corrected chi connectivity index (χ0v) is 19.5. The van der Waals surface area contributed by atoms with E-state index in [-0.39, 0.29) is 21.9 Å². The lowest BCUT2D eigenvalue weighted by Crippen LogP contribution is -2.47. The highest BCUT2D eigenvalue weighted by Gasteiger charge is 2.23. The fourth-order valence-electron chi connectivity index (χ4n) is 3.97. The quantitative estimate of drug-likeness (QED) is 0.498. The van der Waals surface area contributed by atoms with E-state index in [9.17, 15) is 23.1 Å². The predicted molar refractivity (Wildman–Crippen MR) is 132 cm³/mol. The topological polar surface area (TPSA) is 107 Å². The van der Waals surface area contributed by atoms with E-state index in [4.69, 9.17) is 0 Å². The number of hydrogen-bond donors (Lipinski definition) is 2. The summed E-state index contributed by atoms with van der Waals surface area (Å²) in [5.41, 5.74) is 2.26. The van der Waals surface area contributed by atoms with Gasteiger partial charge in [0.15, 0.2) is 5.78 Å². The summed E-state index contributed by atoms with van der Waals surface area (Å²) >= 11 is 0. The van der Waals surface area contributed by atoms with Crippen LogP contribution in [0.1, 0.15) is 27.6 Å². The third kappa shape index (κ3) is 5.04. The van der Waals surface area contributed by atoms with Gasteiger partial charge in [-0.1, -0.05) is 30.3 Å². The summed E-state index contributed by atoms with van der Waals surface area (Å²) < 4.78 is 28.0. The van der Waals surface area contributed by atoms with Gasteiger partial charge in [-0.3, -0.25) is 9.52 Å². The van der Waals surface area contributed by atoms with E-state index in [0.29, 0.717) is 24.3 Å². The van der Waals surface area contributed by atoms with Gasteiger partial charge < -0.3 is 14.9 Å². The van der Waals surface area contributed by atoms with Crippen molar-refractivity contribution in [3.8, 4) is 0 Å². The average molecular weight is 480 g/mol. The summed E-state index contributed by atoms with van der Waals surface area (Å²) in [6, 6.07) is 20.2. The Balaban J connectivity index is 1.52. The number of piperazine rings is 1. The number of anilines is 3. The van der Waals surface area contributed by atoms with Gasteiger partial charge in [-0.2, -0.15) is 0 Å². The Morgan fingerprint density at radius 1 is 0.853 bits per heavy atom. The van der Waals surface area contributed by atoms with Crippen molar-refractivity contribution in [2.24, 2.45) is 0 Å². The van der Waals surface area contributed by atoms with Crippen molar-refractivity contribution in [1.29, 1.82) is 0 Å². The Bertz CT molecular complexity index is 1300. The maximum absolute atomic E-state index is 12.8. The fraction of sp³-hybridized carbons (Fsp3) is 0.200. The smallest absolute Gasteiger partial charge is 0.337 e. The molecule has 1 fully saturated rings. The number of Topliss-reactive ketones (excluding diaryl/α,β-unsaturated/α-hetero) is 1. The Morgan fingerprint density at radius 3 is 2.06 bits per heavy atom. The number of sulfonamides is 1.